The van der Waals surface area contributed by atoms with Gasteiger partial charge < -0.3 is 10.1 Å². The molecule has 3 amide bonds. The number of fused-ring (bicyclic) bond motifs is 1. The third kappa shape index (κ3) is 3.15. The number of ketones is 1. The number of benzene rings is 2. The number of aryl methyl sites for hydroxylation is 1. The predicted octanol–water partition coefficient (Wildman–Crippen LogP) is 2.75. The van der Waals surface area contributed by atoms with Crippen molar-refractivity contribution in [1.82, 2.24) is 10.2 Å². The fourth-order valence-corrected chi connectivity index (χ4v) is 4.03. The molecule has 2 aromatic rings. The molecule has 0 aromatic heterocycles. The van der Waals surface area contributed by atoms with Crippen LogP contribution in [0.2, 0.25) is 0 Å². The maximum Gasteiger partial charge on any atom is 0.325 e. The number of nitrogens with one attached hydrogen (secondary N) is 1. The van der Waals surface area contributed by atoms with Gasteiger partial charge in [0, 0.05) is 6.42 Å². The van der Waals surface area contributed by atoms with Gasteiger partial charge in [-0.1, -0.05) is 36.4 Å². The summed E-state index contributed by atoms with van der Waals surface area (Å²) in [6, 6.07) is 14.6. The van der Waals surface area contributed by atoms with Crippen molar-refractivity contribution in [2.45, 2.75) is 31.7 Å². The second-order valence-electron chi connectivity index (χ2n) is 7.32. The lowest BCUT2D eigenvalue weighted by atomic mass is 9.78. The summed E-state index contributed by atoms with van der Waals surface area (Å²) in [7, 11) is 0. The normalized spacial score (nSPS) is 20.8. The van der Waals surface area contributed by atoms with Gasteiger partial charge in [0.15, 0.2) is 5.78 Å². The number of hydrogen-bond acceptors (Lipinski definition) is 4. The monoisotopic (exact) mass is 378 g/mol. The van der Waals surface area contributed by atoms with Crippen molar-refractivity contribution in [3.8, 4) is 5.75 Å². The summed E-state index contributed by atoms with van der Waals surface area (Å²) < 4.78 is 5.69. The highest BCUT2D eigenvalue weighted by molar-refractivity contribution is 6.07. The number of hydrogen-bond donors (Lipinski definition) is 1. The smallest absolute Gasteiger partial charge is 0.325 e. The van der Waals surface area contributed by atoms with Crippen LogP contribution in [0, 0.1) is 0 Å². The molecule has 1 saturated heterocycles. The zero-order chi connectivity index (χ0) is 19.7. The van der Waals surface area contributed by atoms with Gasteiger partial charge in [0.05, 0.1) is 12.1 Å². The fourth-order valence-electron chi connectivity index (χ4n) is 4.03. The van der Waals surface area contributed by atoms with Crippen LogP contribution in [0.1, 0.15) is 34.8 Å². The average molecular weight is 378 g/mol. The molecule has 1 unspecified atom stereocenters. The van der Waals surface area contributed by atoms with Crippen LogP contribution in [0.3, 0.4) is 0 Å². The van der Waals surface area contributed by atoms with Gasteiger partial charge in [-0.3, -0.25) is 14.5 Å². The number of rotatable bonds is 5. The SMILES string of the molecule is CC(=O)c1ccccc1OCCN1C(=O)NC2(CCc3ccccc3C2)C1=O. The third-order valence-corrected chi connectivity index (χ3v) is 5.52. The zero-order valence-electron chi connectivity index (χ0n) is 15.7. The Hall–Kier alpha value is -3.15. The molecule has 4 rings (SSSR count). The van der Waals surface area contributed by atoms with E-state index in [4.69, 9.17) is 4.74 Å². The van der Waals surface area contributed by atoms with Crippen LogP contribution in [0.4, 0.5) is 4.79 Å². The first-order chi connectivity index (χ1) is 13.5. The van der Waals surface area contributed by atoms with Gasteiger partial charge in [-0.05, 0) is 43.0 Å². The molecule has 1 heterocycles. The number of urea groups is 1. The molecule has 0 radical (unpaired) electrons. The Morgan fingerprint density at radius 1 is 1.11 bits per heavy atom. The highest BCUT2D eigenvalue weighted by Crippen LogP contribution is 2.33. The van der Waals surface area contributed by atoms with Crippen LogP contribution in [-0.2, 0) is 17.6 Å². The van der Waals surface area contributed by atoms with E-state index in [0.29, 0.717) is 24.2 Å². The van der Waals surface area contributed by atoms with Crippen molar-refractivity contribution in [2.75, 3.05) is 13.2 Å². The molecule has 1 aliphatic carbocycles. The summed E-state index contributed by atoms with van der Waals surface area (Å²) in [5.74, 6) is 0.171. The van der Waals surface area contributed by atoms with Crippen molar-refractivity contribution >= 4 is 17.7 Å². The Balaban J connectivity index is 1.44. The van der Waals surface area contributed by atoms with E-state index in [9.17, 15) is 14.4 Å². The van der Waals surface area contributed by atoms with Crippen LogP contribution in [0.5, 0.6) is 5.75 Å². The van der Waals surface area contributed by atoms with Crippen molar-refractivity contribution < 1.29 is 19.1 Å². The minimum Gasteiger partial charge on any atom is -0.491 e. The standard InChI is InChI=1S/C22H22N2O4/c1-15(25)18-8-4-5-9-19(18)28-13-12-24-20(26)22(23-21(24)27)11-10-16-6-2-3-7-17(16)14-22/h2-9H,10-14H2,1H3,(H,23,27). The highest BCUT2D eigenvalue weighted by Gasteiger charge is 2.52. The maximum atomic E-state index is 13.1. The molecule has 1 spiro atoms. The Labute approximate surface area is 163 Å². The molecular formula is C22H22N2O4. The summed E-state index contributed by atoms with van der Waals surface area (Å²) >= 11 is 0. The van der Waals surface area contributed by atoms with E-state index in [2.05, 4.69) is 11.4 Å². The summed E-state index contributed by atoms with van der Waals surface area (Å²) in [6.07, 6.45) is 1.87. The lowest BCUT2D eigenvalue weighted by molar-refractivity contribution is -0.132. The molecule has 1 N–H and O–H groups in total. The van der Waals surface area contributed by atoms with Gasteiger partial charge in [0.2, 0.25) is 0 Å². The minimum atomic E-state index is -0.858. The Morgan fingerprint density at radius 3 is 2.61 bits per heavy atom. The molecule has 144 valence electrons. The van der Waals surface area contributed by atoms with Gasteiger partial charge in [0.1, 0.15) is 17.9 Å². The summed E-state index contributed by atoms with van der Waals surface area (Å²) in [5, 5.41) is 2.92. The molecule has 1 aliphatic heterocycles. The predicted molar refractivity (Wildman–Crippen MR) is 103 cm³/mol. The lowest BCUT2D eigenvalue weighted by Crippen LogP contribution is -2.51. The van der Waals surface area contributed by atoms with Crippen molar-refractivity contribution in [1.29, 1.82) is 0 Å². The van der Waals surface area contributed by atoms with Crippen molar-refractivity contribution in [2.24, 2.45) is 0 Å². The average Bonchev–Trinajstić information content (AvgIpc) is 2.92. The molecule has 1 atom stereocenters. The molecule has 2 aromatic carbocycles. The van der Waals surface area contributed by atoms with Gasteiger partial charge >= 0.3 is 6.03 Å². The number of para-hydroxylation sites is 1. The van der Waals surface area contributed by atoms with Crippen LogP contribution in [-0.4, -0.2) is 41.3 Å². The van der Waals surface area contributed by atoms with Crippen LogP contribution >= 0.6 is 0 Å². The van der Waals surface area contributed by atoms with E-state index < -0.39 is 5.54 Å². The second-order valence-corrected chi connectivity index (χ2v) is 7.32. The molecule has 0 bridgehead atoms. The van der Waals surface area contributed by atoms with Gasteiger partial charge in [-0.2, -0.15) is 0 Å². The third-order valence-electron chi connectivity index (χ3n) is 5.52. The topological polar surface area (TPSA) is 75.7 Å². The summed E-state index contributed by atoms with van der Waals surface area (Å²) in [5.41, 5.74) is 1.97. The molecule has 6 nitrogen and oxygen atoms in total. The van der Waals surface area contributed by atoms with Crippen LogP contribution in [0.25, 0.3) is 0 Å². The second kappa shape index (κ2) is 7.11. The number of Topliss-reactive ketones (excluding diaryl/α,β-unsaturated/α-hetero) is 1. The number of carbonyl (C=O) groups excluding carboxylic acids is 3. The molecule has 0 saturated carbocycles. The summed E-state index contributed by atoms with van der Waals surface area (Å²) in [4.78, 5) is 38.4. The molecule has 2 aliphatic rings. The number of amides is 3. The molecule has 28 heavy (non-hydrogen) atoms. The first kappa shape index (κ1) is 18.2. The van der Waals surface area contributed by atoms with Crippen LogP contribution < -0.4 is 10.1 Å². The highest BCUT2D eigenvalue weighted by atomic mass is 16.5. The van der Waals surface area contributed by atoms with E-state index in [1.807, 2.05) is 18.2 Å². The largest absolute Gasteiger partial charge is 0.491 e. The Morgan fingerprint density at radius 2 is 1.82 bits per heavy atom. The van der Waals surface area contributed by atoms with E-state index in [1.54, 1.807) is 24.3 Å². The number of imide groups is 1. The lowest BCUT2D eigenvalue weighted by Gasteiger charge is -2.32. The Bertz CT molecular complexity index is 955. The number of nitrogens with zero attached hydrogens (tertiary/aromatic N) is 1. The van der Waals surface area contributed by atoms with Crippen molar-refractivity contribution in [3.05, 3.63) is 65.2 Å². The van der Waals surface area contributed by atoms with E-state index in [0.717, 1.165) is 12.0 Å². The number of carbonyl (C=O) groups is 3. The van der Waals surface area contributed by atoms with Crippen LogP contribution in [0.15, 0.2) is 48.5 Å². The first-order valence-corrected chi connectivity index (χ1v) is 9.44. The van der Waals surface area contributed by atoms with Crippen molar-refractivity contribution in [3.63, 3.8) is 0 Å². The quantitative estimate of drug-likeness (QED) is 0.641. The zero-order valence-corrected chi connectivity index (χ0v) is 15.7. The minimum absolute atomic E-state index is 0.0922. The van der Waals surface area contributed by atoms with E-state index in [1.165, 1.54) is 17.4 Å². The summed E-state index contributed by atoms with van der Waals surface area (Å²) in [6.45, 7) is 1.75. The molecular weight excluding hydrogens is 356 g/mol. The maximum absolute atomic E-state index is 13.1. The Kier molecular flexibility index (Phi) is 4.63. The fraction of sp³-hybridized carbons (Fsp3) is 0.318. The molecule has 1 fully saturated rings. The van der Waals surface area contributed by atoms with Gasteiger partial charge in [0.25, 0.3) is 5.91 Å². The number of ether oxygens (including phenoxy) is 1. The van der Waals surface area contributed by atoms with E-state index in [-0.39, 0.29) is 30.9 Å². The van der Waals surface area contributed by atoms with E-state index >= 15 is 0 Å². The van der Waals surface area contributed by atoms with Gasteiger partial charge in [-0.25, -0.2) is 4.79 Å². The molecule has 6 heteroatoms. The first-order valence-electron chi connectivity index (χ1n) is 9.44. The van der Waals surface area contributed by atoms with Gasteiger partial charge in [-0.15, -0.1) is 0 Å².